The van der Waals surface area contributed by atoms with Crippen LogP contribution >= 0.6 is 23.4 Å². The summed E-state index contributed by atoms with van der Waals surface area (Å²) in [6, 6.07) is 9.79. The first-order valence-corrected chi connectivity index (χ1v) is 13.6. The van der Waals surface area contributed by atoms with Gasteiger partial charge in [-0.2, -0.15) is 21.6 Å². The van der Waals surface area contributed by atoms with E-state index in [2.05, 4.69) is 10.2 Å². The topological polar surface area (TPSA) is 92.5 Å². The number of hydrogen-bond acceptors (Lipinski definition) is 8. The van der Waals surface area contributed by atoms with Gasteiger partial charge in [-0.05, 0) is 36.2 Å². The van der Waals surface area contributed by atoms with Crippen molar-refractivity contribution < 1.29 is 35.2 Å². The molecule has 14 heteroatoms. The first kappa shape index (κ1) is 26.6. The van der Waals surface area contributed by atoms with Crippen molar-refractivity contribution in [2.45, 2.75) is 23.1 Å². The standard InChI is InChI=1S/C22H21ClF3N3O5S2/c1-32-16-6-4-5-13(18(16)33-2)19-14-11-12(23)7-8-15(14)29-20(27-28-21(29)22(24,25)26)17(35-19)9-10-34-36(3,30)31/h4-8,11,17,19H,9-10H2,1-3H3. The van der Waals surface area contributed by atoms with Crippen LogP contribution in [0.4, 0.5) is 13.2 Å². The second kappa shape index (κ2) is 10.1. The summed E-state index contributed by atoms with van der Waals surface area (Å²) in [6.07, 6.45) is -3.86. The molecule has 0 N–H and O–H groups in total. The first-order chi connectivity index (χ1) is 16.9. The normalized spacial score (nSPS) is 17.8. The Bertz CT molecular complexity index is 1380. The van der Waals surface area contributed by atoms with Gasteiger partial charge in [0.15, 0.2) is 17.3 Å². The molecule has 0 radical (unpaired) electrons. The lowest BCUT2D eigenvalue weighted by molar-refractivity contribution is -0.146. The van der Waals surface area contributed by atoms with E-state index in [0.29, 0.717) is 27.6 Å². The molecule has 1 aliphatic heterocycles. The number of nitrogens with zero attached hydrogens (tertiary/aromatic N) is 3. The van der Waals surface area contributed by atoms with Crippen molar-refractivity contribution in [3.8, 4) is 17.2 Å². The second-order valence-corrected chi connectivity index (χ2v) is 11.2. The molecule has 36 heavy (non-hydrogen) atoms. The Labute approximate surface area is 214 Å². The molecule has 194 valence electrons. The van der Waals surface area contributed by atoms with Crippen molar-refractivity contribution >= 4 is 33.5 Å². The predicted molar refractivity (Wildman–Crippen MR) is 129 cm³/mol. The van der Waals surface area contributed by atoms with E-state index >= 15 is 0 Å². The van der Waals surface area contributed by atoms with Crippen molar-refractivity contribution in [3.63, 3.8) is 0 Å². The van der Waals surface area contributed by atoms with Gasteiger partial charge in [-0.1, -0.05) is 23.7 Å². The smallest absolute Gasteiger partial charge is 0.452 e. The molecule has 0 aliphatic carbocycles. The third kappa shape index (κ3) is 5.29. The SMILES string of the molecule is COc1cccc(C2SC(CCOS(C)(=O)=O)c3nnc(C(F)(F)F)n3-c3ccc(Cl)cc32)c1OC. The number of alkyl halides is 3. The summed E-state index contributed by atoms with van der Waals surface area (Å²) in [6.45, 7) is -0.260. The molecule has 0 bridgehead atoms. The number of thioether (sulfide) groups is 1. The van der Waals surface area contributed by atoms with Crippen LogP contribution in [0.25, 0.3) is 5.69 Å². The summed E-state index contributed by atoms with van der Waals surface area (Å²) in [7, 11) is -0.811. The number of benzene rings is 2. The molecular formula is C22H21ClF3N3O5S2. The number of fused-ring (bicyclic) bond motifs is 3. The molecule has 8 nitrogen and oxygen atoms in total. The molecule has 1 aromatic heterocycles. The molecule has 3 aromatic rings. The summed E-state index contributed by atoms with van der Waals surface area (Å²) in [5, 5.41) is 6.32. The van der Waals surface area contributed by atoms with E-state index in [9.17, 15) is 21.6 Å². The molecular weight excluding hydrogens is 543 g/mol. The Morgan fingerprint density at radius 1 is 1.11 bits per heavy atom. The zero-order chi connectivity index (χ0) is 26.3. The number of para-hydroxylation sites is 1. The van der Waals surface area contributed by atoms with Crippen LogP contribution < -0.4 is 9.47 Å². The number of aromatic nitrogens is 3. The Morgan fingerprint density at radius 3 is 2.50 bits per heavy atom. The number of methoxy groups -OCH3 is 2. The minimum absolute atomic E-state index is 0.0114. The van der Waals surface area contributed by atoms with Crippen LogP contribution in [-0.2, 0) is 20.5 Å². The summed E-state index contributed by atoms with van der Waals surface area (Å²) in [4.78, 5) is 0. The van der Waals surface area contributed by atoms with E-state index in [0.717, 1.165) is 10.8 Å². The zero-order valence-corrected chi connectivity index (χ0v) is 21.6. The van der Waals surface area contributed by atoms with Gasteiger partial charge in [0.1, 0.15) is 0 Å². The van der Waals surface area contributed by atoms with Crippen LogP contribution in [-0.4, -0.2) is 50.3 Å². The lowest BCUT2D eigenvalue weighted by Gasteiger charge is -2.24. The Hall–Kier alpha value is -2.48. The monoisotopic (exact) mass is 563 g/mol. The Kier molecular flexibility index (Phi) is 7.47. The summed E-state index contributed by atoms with van der Waals surface area (Å²) >= 11 is 7.56. The average Bonchev–Trinajstić information content (AvgIpc) is 3.20. The van der Waals surface area contributed by atoms with Crippen molar-refractivity contribution in [2.24, 2.45) is 0 Å². The van der Waals surface area contributed by atoms with Crippen LogP contribution in [0.1, 0.15) is 39.7 Å². The molecule has 0 saturated carbocycles. The van der Waals surface area contributed by atoms with Gasteiger partial charge in [-0.3, -0.25) is 8.75 Å². The molecule has 2 aromatic carbocycles. The second-order valence-electron chi connectivity index (χ2n) is 7.82. The van der Waals surface area contributed by atoms with E-state index in [1.807, 2.05) is 0 Å². The fourth-order valence-electron chi connectivity index (χ4n) is 4.03. The molecule has 1 aliphatic rings. The van der Waals surface area contributed by atoms with Gasteiger partial charge in [0, 0.05) is 10.6 Å². The molecule has 4 rings (SSSR count). The lowest BCUT2D eigenvalue weighted by Crippen LogP contribution is -2.16. The lowest BCUT2D eigenvalue weighted by atomic mass is 10.0. The average molecular weight is 564 g/mol. The van der Waals surface area contributed by atoms with Crippen molar-refractivity contribution in [2.75, 3.05) is 27.1 Å². The Balaban J connectivity index is 1.95. The largest absolute Gasteiger partial charge is 0.493 e. The molecule has 2 atom stereocenters. The van der Waals surface area contributed by atoms with E-state index in [1.165, 1.54) is 38.1 Å². The van der Waals surface area contributed by atoms with Gasteiger partial charge < -0.3 is 9.47 Å². The minimum Gasteiger partial charge on any atom is -0.493 e. The van der Waals surface area contributed by atoms with Crippen molar-refractivity contribution in [3.05, 3.63) is 64.2 Å². The molecule has 0 amide bonds. The fourth-order valence-corrected chi connectivity index (χ4v) is 6.11. The highest BCUT2D eigenvalue weighted by Crippen LogP contribution is 2.54. The summed E-state index contributed by atoms with van der Waals surface area (Å²) < 4.78 is 81.9. The maximum atomic E-state index is 14.0. The molecule has 0 spiro atoms. The number of halogens is 4. The third-order valence-electron chi connectivity index (χ3n) is 5.44. The maximum absolute atomic E-state index is 14.0. The predicted octanol–water partition coefficient (Wildman–Crippen LogP) is 5.20. The van der Waals surface area contributed by atoms with Crippen LogP contribution in [0.2, 0.25) is 5.02 Å². The third-order valence-corrected chi connectivity index (χ3v) is 7.82. The highest BCUT2D eigenvalue weighted by Gasteiger charge is 2.43. The van der Waals surface area contributed by atoms with Gasteiger partial charge in [0.25, 0.3) is 10.1 Å². The number of hydrogen-bond donors (Lipinski definition) is 0. The van der Waals surface area contributed by atoms with E-state index in [4.69, 9.17) is 25.3 Å². The summed E-state index contributed by atoms with van der Waals surface area (Å²) in [5.74, 6) is -0.342. The van der Waals surface area contributed by atoms with Gasteiger partial charge in [0.2, 0.25) is 5.82 Å². The van der Waals surface area contributed by atoms with Gasteiger partial charge in [-0.25, -0.2) is 0 Å². The summed E-state index contributed by atoms with van der Waals surface area (Å²) in [5.41, 5.74) is 1.30. The number of rotatable bonds is 7. The van der Waals surface area contributed by atoms with Crippen molar-refractivity contribution in [1.29, 1.82) is 0 Å². The van der Waals surface area contributed by atoms with Crippen LogP contribution in [0, 0.1) is 0 Å². The minimum atomic E-state index is -4.80. The van der Waals surface area contributed by atoms with Gasteiger partial charge in [0.05, 0.1) is 43.3 Å². The van der Waals surface area contributed by atoms with Crippen molar-refractivity contribution in [1.82, 2.24) is 14.8 Å². The van der Waals surface area contributed by atoms with E-state index < -0.39 is 32.6 Å². The van der Waals surface area contributed by atoms with Gasteiger partial charge in [-0.15, -0.1) is 22.0 Å². The van der Waals surface area contributed by atoms with Crippen LogP contribution in [0.15, 0.2) is 36.4 Å². The highest BCUT2D eigenvalue weighted by molar-refractivity contribution is 8.00. The van der Waals surface area contributed by atoms with E-state index in [-0.39, 0.29) is 24.5 Å². The molecule has 0 saturated heterocycles. The fraction of sp³-hybridized carbons (Fsp3) is 0.364. The van der Waals surface area contributed by atoms with Crippen LogP contribution in [0.3, 0.4) is 0 Å². The highest BCUT2D eigenvalue weighted by atomic mass is 35.5. The van der Waals surface area contributed by atoms with Crippen LogP contribution in [0.5, 0.6) is 11.5 Å². The first-order valence-electron chi connectivity index (χ1n) is 10.5. The molecule has 2 heterocycles. The molecule has 0 fully saturated rings. The quantitative estimate of drug-likeness (QED) is 0.362. The van der Waals surface area contributed by atoms with Gasteiger partial charge >= 0.3 is 6.18 Å². The molecule has 2 unspecified atom stereocenters. The number of ether oxygens (including phenoxy) is 2. The van der Waals surface area contributed by atoms with E-state index in [1.54, 1.807) is 24.3 Å². The maximum Gasteiger partial charge on any atom is 0.452 e. The zero-order valence-electron chi connectivity index (χ0n) is 19.2. The Morgan fingerprint density at radius 2 is 1.86 bits per heavy atom.